The van der Waals surface area contributed by atoms with E-state index in [1.165, 1.54) is 38.4 Å². The lowest BCUT2D eigenvalue weighted by molar-refractivity contribution is 0.232. The molecule has 122 valence electrons. The Morgan fingerprint density at radius 2 is 1.77 bits per heavy atom. The molecule has 0 atom stereocenters. The average Bonchev–Trinajstić information content (AvgIpc) is 2.54. The molecule has 2 amide bonds. The van der Waals surface area contributed by atoms with Gasteiger partial charge in [-0.25, -0.2) is 17.9 Å². The van der Waals surface area contributed by atoms with Crippen LogP contribution in [-0.4, -0.2) is 27.5 Å². The zero-order valence-electron chi connectivity index (χ0n) is 12.8. The molecule has 1 aromatic rings. The van der Waals surface area contributed by atoms with E-state index in [0.29, 0.717) is 6.54 Å². The van der Waals surface area contributed by atoms with Gasteiger partial charge in [-0.1, -0.05) is 31.4 Å². The summed E-state index contributed by atoms with van der Waals surface area (Å²) in [6.07, 6.45) is 5.69. The van der Waals surface area contributed by atoms with Gasteiger partial charge in [0, 0.05) is 12.6 Å². The van der Waals surface area contributed by atoms with E-state index in [-0.39, 0.29) is 17.0 Å². The van der Waals surface area contributed by atoms with Gasteiger partial charge in [0.25, 0.3) is 0 Å². The van der Waals surface area contributed by atoms with Gasteiger partial charge in [-0.15, -0.1) is 0 Å². The third-order valence-electron chi connectivity index (χ3n) is 3.90. The molecular weight excluding hydrogens is 302 g/mol. The van der Waals surface area contributed by atoms with Crippen LogP contribution < -0.4 is 15.4 Å². The van der Waals surface area contributed by atoms with E-state index in [9.17, 15) is 13.2 Å². The summed E-state index contributed by atoms with van der Waals surface area (Å²) in [5.41, 5.74) is 0.855. The Kier molecular flexibility index (Phi) is 5.79. The second kappa shape index (κ2) is 7.60. The summed E-state index contributed by atoms with van der Waals surface area (Å²) in [4.78, 5) is 12.0. The van der Waals surface area contributed by atoms with Crippen molar-refractivity contribution in [1.29, 1.82) is 0 Å². The Balaban J connectivity index is 1.82. The number of benzene rings is 1. The zero-order valence-corrected chi connectivity index (χ0v) is 13.6. The van der Waals surface area contributed by atoms with Crippen LogP contribution in [0.15, 0.2) is 29.2 Å². The molecule has 0 radical (unpaired) electrons. The quantitative estimate of drug-likeness (QED) is 0.770. The van der Waals surface area contributed by atoms with Gasteiger partial charge < -0.3 is 10.6 Å². The molecule has 1 saturated carbocycles. The number of nitrogens with one attached hydrogen (secondary N) is 3. The maximum absolute atomic E-state index is 11.8. The Morgan fingerprint density at radius 1 is 1.14 bits per heavy atom. The van der Waals surface area contributed by atoms with Crippen molar-refractivity contribution in [3.8, 4) is 0 Å². The first kappa shape index (κ1) is 16.8. The number of rotatable bonds is 5. The number of hydrogen-bond acceptors (Lipinski definition) is 3. The van der Waals surface area contributed by atoms with E-state index < -0.39 is 10.0 Å². The lowest BCUT2D eigenvalue weighted by Crippen LogP contribution is -2.42. The molecule has 0 unspecified atom stereocenters. The van der Waals surface area contributed by atoms with Crippen LogP contribution in [0.1, 0.15) is 37.7 Å². The highest BCUT2D eigenvalue weighted by atomic mass is 32.2. The molecule has 7 heteroatoms. The molecule has 1 aliphatic rings. The van der Waals surface area contributed by atoms with Crippen molar-refractivity contribution >= 4 is 16.1 Å². The monoisotopic (exact) mass is 325 g/mol. The van der Waals surface area contributed by atoms with Crippen molar-refractivity contribution < 1.29 is 13.2 Å². The van der Waals surface area contributed by atoms with Crippen LogP contribution in [-0.2, 0) is 16.6 Å². The molecule has 1 aromatic carbocycles. The minimum absolute atomic E-state index is 0.168. The fourth-order valence-electron chi connectivity index (χ4n) is 2.57. The van der Waals surface area contributed by atoms with Crippen molar-refractivity contribution in [2.45, 2.75) is 49.6 Å². The van der Waals surface area contributed by atoms with Crippen LogP contribution >= 0.6 is 0 Å². The summed E-state index contributed by atoms with van der Waals surface area (Å²) < 4.78 is 25.5. The van der Waals surface area contributed by atoms with E-state index in [0.717, 1.165) is 18.4 Å². The summed E-state index contributed by atoms with van der Waals surface area (Å²) in [5.74, 6) is 0. The van der Waals surface area contributed by atoms with Crippen LogP contribution in [0, 0.1) is 0 Å². The highest BCUT2D eigenvalue weighted by Gasteiger charge is 2.15. The lowest BCUT2D eigenvalue weighted by atomic mass is 9.96. The van der Waals surface area contributed by atoms with E-state index in [1.54, 1.807) is 12.1 Å². The summed E-state index contributed by atoms with van der Waals surface area (Å²) in [6.45, 7) is 0.373. The number of hydrogen-bond donors (Lipinski definition) is 3. The molecule has 0 aromatic heterocycles. The third-order valence-corrected chi connectivity index (χ3v) is 5.33. The van der Waals surface area contributed by atoms with Gasteiger partial charge >= 0.3 is 6.03 Å². The van der Waals surface area contributed by atoms with Gasteiger partial charge in [0.2, 0.25) is 10.0 Å². The fourth-order valence-corrected chi connectivity index (χ4v) is 3.30. The van der Waals surface area contributed by atoms with E-state index in [4.69, 9.17) is 0 Å². The molecule has 2 rings (SSSR count). The molecule has 1 fully saturated rings. The Morgan fingerprint density at radius 3 is 2.36 bits per heavy atom. The number of carbonyl (C=O) groups excluding carboxylic acids is 1. The molecule has 1 aliphatic carbocycles. The predicted octanol–water partition coefficient (Wildman–Crippen LogP) is 1.73. The van der Waals surface area contributed by atoms with Crippen LogP contribution in [0.2, 0.25) is 0 Å². The molecule has 0 heterocycles. The maximum atomic E-state index is 11.8. The standard InChI is InChI=1S/C15H23N3O3S/c1-16-22(20,21)14-9-7-12(8-10-14)11-17-15(19)18-13-5-3-2-4-6-13/h7-10,13,16H,2-6,11H2,1H3,(H2,17,18,19). The van der Waals surface area contributed by atoms with Gasteiger partial charge in [0.15, 0.2) is 0 Å². The van der Waals surface area contributed by atoms with Crippen LogP contribution in [0.5, 0.6) is 0 Å². The number of carbonyl (C=O) groups is 1. The SMILES string of the molecule is CNS(=O)(=O)c1ccc(CNC(=O)NC2CCCCC2)cc1. The smallest absolute Gasteiger partial charge is 0.315 e. The predicted molar refractivity (Wildman–Crippen MR) is 84.9 cm³/mol. The van der Waals surface area contributed by atoms with Crippen LogP contribution in [0.3, 0.4) is 0 Å². The molecule has 0 spiro atoms. The summed E-state index contributed by atoms with van der Waals surface area (Å²) in [7, 11) is -2.04. The molecule has 0 saturated heterocycles. The normalized spacial score (nSPS) is 16.2. The van der Waals surface area contributed by atoms with Gasteiger partial charge in [-0.2, -0.15) is 0 Å². The molecular formula is C15H23N3O3S. The second-order valence-corrected chi connectivity index (χ2v) is 7.40. The molecule has 6 nitrogen and oxygen atoms in total. The Bertz CT molecular complexity index is 593. The molecule has 0 bridgehead atoms. The first-order valence-corrected chi connectivity index (χ1v) is 9.06. The molecule has 0 aliphatic heterocycles. The maximum Gasteiger partial charge on any atom is 0.315 e. The molecule has 22 heavy (non-hydrogen) atoms. The van der Waals surface area contributed by atoms with E-state index >= 15 is 0 Å². The van der Waals surface area contributed by atoms with Crippen molar-refractivity contribution in [3.63, 3.8) is 0 Å². The molecule has 3 N–H and O–H groups in total. The van der Waals surface area contributed by atoms with Gasteiger partial charge in [-0.3, -0.25) is 0 Å². The first-order valence-electron chi connectivity index (χ1n) is 7.58. The highest BCUT2D eigenvalue weighted by Crippen LogP contribution is 2.17. The van der Waals surface area contributed by atoms with Gasteiger partial charge in [-0.05, 0) is 37.6 Å². The lowest BCUT2D eigenvalue weighted by Gasteiger charge is -2.22. The highest BCUT2D eigenvalue weighted by molar-refractivity contribution is 7.89. The summed E-state index contributed by atoms with van der Waals surface area (Å²) in [5, 5.41) is 5.78. The Labute approximate surface area is 131 Å². The minimum atomic E-state index is -3.42. The van der Waals surface area contributed by atoms with E-state index in [1.807, 2.05) is 0 Å². The number of amides is 2. The van der Waals surface area contributed by atoms with Crippen molar-refractivity contribution in [2.75, 3.05) is 7.05 Å². The van der Waals surface area contributed by atoms with Crippen molar-refractivity contribution in [3.05, 3.63) is 29.8 Å². The number of sulfonamides is 1. The average molecular weight is 325 g/mol. The van der Waals surface area contributed by atoms with Gasteiger partial charge in [0.05, 0.1) is 4.90 Å². The van der Waals surface area contributed by atoms with Crippen molar-refractivity contribution in [1.82, 2.24) is 15.4 Å². The topological polar surface area (TPSA) is 87.3 Å². The fraction of sp³-hybridized carbons (Fsp3) is 0.533. The number of urea groups is 1. The van der Waals surface area contributed by atoms with Crippen LogP contribution in [0.25, 0.3) is 0 Å². The van der Waals surface area contributed by atoms with Gasteiger partial charge in [0.1, 0.15) is 0 Å². The zero-order chi connectivity index (χ0) is 16.0. The summed E-state index contributed by atoms with van der Waals surface area (Å²) >= 11 is 0. The minimum Gasteiger partial charge on any atom is -0.335 e. The second-order valence-electron chi connectivity index (χ2n) is 5.51. The Hall–Kier alpha value is -1.60. The first-order chi connectivity index (χ1) is 10.5. The largest absolute Gasteiger partial charge is 0.335 e. The van der Waals surface area contributed by atoms with E-state index in [2.05, 4.69) is 15.4 Å². The van der Waals surface area contributed by atoms with Crippen molar-refractivity contribution in [2.24, 2.45) is 0 Å². The third kappa shape index (κ3) is 4.71. The summed E-state index contributed by atoms with van der Waals surface area (Å²) in [6, 6.07) is 6.57. The van der Waals surface area contributed by atoms with Crippen LogP contribution in [0.4, 0.5) is 4.79 Å².